The molecular weight excluding hydrogens is 278 g/mol. The molecule has 0 aliphatic rings. The number of para-hydroxylation sites is 1. The Bertz CT molecular complexity index is 622. The molecule has 0 saturated carbocycles. The van der Waals surface area contributed by atoms with Gasteiger partial charge in [-0.15, -0.1) is 12.4 Å². The number of halogens is 1. The van der Waals surface area contributed by atoms with Crippen LogP contribution in [-0.4, -0.2) is 16.3 Å². The number of rotatable bonds is 4. The summed E-state index contributed by atoms with van der Waals surface area (Å²) >= 11 is 0. The van der Waals surface area contributed by atoms with E-state index in [0.29, 0.717) is 11.3 Å². The number of aromatic nitrogens is 2. The first kappa shape index (κ1) is 15.9. The molecule has 1 aromatic carbocycles. The second-order valence-electron chi connectivity index (χ2n) is 4.40. The number of carbonyl (C=O) groups excluding carboxylic acids is 2. The predicted molar refractivity (Wildman–Crippen MR) is 77.9 cm³/mol. The predicted octanol–water partition coefficient (Wildman–Crippen LogP) is 1.58. The lowest BCUT2D eigenvalue weighted by atomic mass is 10.1. The highest BCUT2D eigenvalue weighted by atomic mass is 35.5. The number of amides is 1. The van der Waals surface area contributed by atoms with Crippen molar-refractivity contribution in [2.45, 2.75) is 13.5 Å². The zero-order valence-corrected chi connectivity index (χ0v) is 12.2. The number of nitrogens with one attached hydrogen (secondary N) is 1. The van der Waals surface area contributed by atoms with E-state index in [2.05, 4.69) is 5.32 Å². The Morgan fingerprint density at radius 2 is 2.00 bits per heavy atom. The van der Waals surface area contributed by atoms with Crippen LogP contribution in [0.3, 0.4) is 0 Å². The van der Waals surface area contributed by atoms with E-state index in [1.54, 1.807) is 28.8 Å². The highest BCUT2D eigenvalue weighted by Gasteiger charge is 2.12. The Morgan fingerprint density at radius 1 is 1.30 bits per heavy atom. The van der Waals surface area contributed by atoms with Gasteiger partial charge in [-0.2, -0.15) is 0 Å². The van der Waals surface area contributed by atoms with E-state index in [4.69, 9.17) is 0 Å². The Hall–Kier alpha value is -2.14. The molecule has 0 aliphatic carbocycles. The number of ketones is 1. The van der Waals surface area contributed by atoms with Gasteiger partial charge in [-0.3, -0.25) is 9.59 Å². The molecule has 1 aromatic heterocycles. The summed E-state index contributed by atoms with van der Waals surface area (Å²) in [4.78, 5) is 23.4. The molecule has 0 unspecified atom stereocenters. The number of imidazole rings is 1. The summed E-state index contributed by atoms with van der Waals surface area (Å²) in [5.41, 5.74) is 1.07. The average Bonchev–Trinajstić information content (AvgIpc) is 2.75. The van der Waals surface area contributed by atoms with Gasteiger partial charge >= 0.3 is 0 Å². The third kappa shape index (κ3) is 3.93. The van der Waals surface area contributed by atoms with Gasteiger partial charge in [-0.05, 0) is 19.1 Å². The number of Topliss-reactive ketones (excluding diaryl/α,β-unsaturated/α-hetero) is 1. The lowest BCUT2D eigenvalue weighted by Gasteiger charge is -2.07. The average molecular weight is 295 g/mol. The zero-order valence-electron chi connectivity index (χ0n) is 11.4. The highest BCUT2D eigenvalue weighted by Crippen LogP contribution is 2.15. The van der Waals surface area contributed by atoms with Gasteiger partial charge in [0.15, 0.2) is 12.3 Å². The largest absolute Gasteiger partial charge is 0.322 e. The van der Waals surface area contributed by atoms with Gasteiger partial charge in [0.1, 0.15) is 12.4 Å². The lowest BCUT2D eigenvalue weighted by Crippen LogP contribution is -2.25. The first-order valence-electron chi connectivity index (χ1n) is 5.97. The van der Waals surface area contributed by atoms with Gasteiger partial charge in [0.2, 0.25) is 6.33 Å². The molecule has 6 heteroatoms. The van der Waals surface area contributed by atoms with Gasteiger partial charge in [-0.1, -0.05) is 12.1 Å². The SMILES string of the molecule is CC(=O)c1ccccc1NC(=O)Cn1cc[n+](C)c1.Cl. The van der Waals surface area contributed by atoms with Crippen LogP contribution in [-0.2, 0) is 18.4 Å². The number of nitrogens with zero attached hydrogens (tertiary/aromatic N) is 2. The molecule has 0 aliphatic heterocycles. The first-order chi connectivity index (χ1) is 9.06. The van der Waals surface area contributed by atoms with E-state index in [-0.39, 0.29) is 30.6 Å². The van der Waals surface area contributed by atoms with Crippen LogP contribution < -0.4 is 9.88 Å². The van der Waals surface area contributed by atoms with Gasteiger partial charge in [0, 0.05) is 5.56 Å². The molecule has 1 heterocycles. The summed E-state index contributed by atoms with van der Waals surface area (Å²) in [6.45, 7) is 1.70. The standard InChI is InChI=1S/C14H15N3O2.ClH/c1-11(18)12-5-3-4-6-13(12)15-14(19)9-17-8-7-16(2)10-17;/h3-8,10H,9H2,1-2H3;1H/p+1. The summed E-state index contributed by atoms with van der Waals surface area (Å²) in [5, 5.41) is 2.76. The summed E-state index contributed by atoms with van der Waals surface area (Å²) < 4.78 is 3.63. The minimum atomic E-state index is -0.162. The second kappa shape index (κ2) is 6.86. The van der Waals surface area contributed by atoms with E-state index < -0.39 is 0 Å². The maximum atomic E-state index is 11.9. The first-order valence-corrected chi connectivity index (χ1v) is 5.97. The van der Waals surface area contributed by atoms with Crippen LogP contribution in [0.15, 0.2) is 43.0 Å². The van der Waals surface area contributed by atoms with Crippen molar-refractivity contribution in [1.82, 2.24) is 4.57 Å². The van der Waals surface area contributed by atoms with Crippen molar-refractivity contribution < 1.29 is 14.2 Å². The van der Waals surface area contributed by atoms with E-state index in [1.165, 1.54) is 6.92 Å². The van der Waals surface area contributed by atoms with Crippen molar-refractivity contribution in [3.05, 3.63) is 48.5 Å². The van der Waals surface area contributed by atoms with Crippen LogP contribution in [0.1, 0.15) is 17.3 Å². The van der Waals surface area contributed by atoms with E-state index in [9.17, 15) is 9.59 Å². The number of carbonyl (C=O) groups is 2. The Morgan fingerprint density at radius 3 is 2.60 bits per heavy atom. The van der Waals surface area contributed by atoms with Gasteiger partial charge in [0.05, 0.1) is 12.7 Å². The molecule has 0 saturated heterocycles. The number of benzene rings is 1. The summed E-state index contributed by atoms with van der Waals surface area (Å²) in [5.74, 6) is -0.229. The summed E-state index contributed by atoms with van der Waals surface area (Å²) in [7, 11) is 1.89. The molecule has 0 spiro atoms. The number of hydrogen-bond donors (Lipinski definition) is 1. The smallest absolute Gasteiger partial charge is 0.266 e. The fourth-order valence-corrected chi connectivity index (χ4v) is 1.85. The highest BCUT2D eigenvalue weighted by molar-refractivity contribution is 6.03. The van der Waals surface area contributed by atoms with Crippen LogP contribution in [0.2, 0.25) is 0 Å². The normalized spacial score (nSPS) is 9.70. The molecule has 0 radical (unpaired) electrons. The van der Waals surface area contributed by atoms with Crippen molar-refractivity contribution in [3.8, 4) is 0 Å². The maximum Gasteiger partial charge on any atom is 0.266 e. The van der Waals surface area contributed by atoms with Crippen molar-refractivity contribution in [2.24, 2.45) is 7.05 Å². The molecule has 0 fully saturated rings. The van der Waals surface area contributed by atoms with Crippen LogP contribution in [0.4, 0.5) is 5.69 Å². The molecule has 5 nitrogen and oxygen atoms in total. The fraction of sp³-hybridized carbons (Fsp3) is 0.214. The third-order valence-electron chi connectivity index (χ3n) is 2.73. The van der Waals surface area contributed by atoms with Crippen LogP contribution in [0.5, 0.6) is 0 Å². The molecule has 20 heavy (non-hydrogen) atoms. The number of hydrogen-bond acceptors (Lipinski definition) is 2. The monoisotopic (exact) mass is 294 g/mol. The summed E-state index contributed by atoms with van der Waals surface area (Å²) in [6.07, 6.45) is 5.49. The Kier molecular flexibility index (Phi) is 5.46. The molecule has 2 rings (SSSR count). The van der Waals surface area contributed by atoms with Crippen LogP contribution in [0.25, 0.3) is 0 Å². The van der Waals surface area contributed by atoms with E-state index >= 15 is 0 Å². The van der Waals surface area contributed by atoms with Crippen molar-refractivity contribution in [2.75, 3.05) is 5.32 Å². The fourth-order valence-electron chi connectivity index (χ4n) is 1.85. The minimum Gasteiger partial charge on any atom is -0.322 e. The molecule has 0 atom stereocenters. The third-order valence-corrected chi connectivity index (χ3v) is 2.73. The lowest BCUT2D eigenvalue weighted by molar-refractivity contribution is -0.671. The molecule has 2 aromatic rings. The van der Waals surface area contributed by atoms with Crippen LogP contribution >= 0.6 is 12.4 Å². The molecular formula is C14H17ClN3O2+. The van der Waals surface area contributed by atoms with E-state index in [1.807, 2.05) is 30.3 Å². The number of anilines is 1. The van der Waals surface area contributed by atoms with Crippen molar-refractivity contribution in [3.63, 3.8) is 0 Å². The summed E-state index contributed by atoms with van der Waals surface area (Å²) in [6, 6.07) is 6.99. The Labute approximate surface area is 123 Å². The van der Waals surface area contributed by atoms with Gasteiger partial charge < -0.3 is 5.32 Å². The molecule has 106 valence electrons. The quantitative estimate of drug-likeness (QED) is 0.687. The van der Waals surface area contributed by atoms with Gasteiger partial charge in [-0.25, -0.2) is 9.13 Å². The second-order valence-corrected chi connectivity index (χ2v) is 4.40. The molecule has 1 amide bonds. The number of aryl methyl sites for hydroxylation is 1. The topological polar surface area (TPSA) is 55.0 Å². The van der Waals surface area contributed by atoms with Gasteiger partial charge in [0.25, 0.3) is 5.91 Å². The van der Waals surface area contributed by atoms with Crippen molar-refractivity contribution in [1.29, 1.82) is 0 Å². The zero-order chi connectivity index (χ0) is 13.8. The minimum absolute atomic E-state index is 0. The Balaban J connectivity index is 0.00000200. The van der Waals surface area contributed by atoms with Crippen LogP contribution in [0, 0.1) is 0 Å². The van der Waals surface area contributed by atoms with Crippen molar-refractivity contribution >= 4 is 29.8 Å². The molecule has 1 N–H and O–H groups in total. The van der Waals surface area contributed by atoms with E-state index in [0.717, 1.165) is 0 Å². The maximum absolute atomic E-state index is 11.9. The molecule has 0 bridgehead atoms.